The number of carbonyl (C=O) groups excluding carboxylic acids is 1. The molecule has 1 atom stereocenters. The quantitative estimate of drug-likeness (QED) is 0.464. The number of esters is 1. The molecule has 128 valence electrons. The molecule has 1 unspecified atom stereocenters. The summed E-state index contributed by atoms with van der Waals surface area (Å²) in [6.07, 6.45) is -4.60. The van der Waals surface area contributed by atoms with Crippen molar-refractivity contribution in [3.8, 4) is 0 Å². The molecule has 0 aromatic heterocycles. The number of hydrogen-bond acceptors (Lipinski definition) is 4. The maximum absolute atomic E-state index is 13.2. The molecule has 0 spiro atoms. The number of hydrogen-bond donors (Lipinski definition) is 1. The van der Waals surface area contributed by atoms with E-state index in [-0.39, 0.29) is 37.5 Å². The van der Waals surface area contributed by atoms with E-state index < -0.39 is 23.6 Å². The summed E-state index contributed by atoms with van der Waals surface area (Å²) in [5.41, 5.74) is -0.888. The summed E-state index contributed by atoms with van der Waals surface area (Å²) in [5.74, 6) is -1.74. The summed E-state index contributed by atoms with van der Waals surface area (Å²) in [6.45, 7) is 3.66. The highest BCUT2D eigenvalue weighted by Crippen LogP contribution is 2.37. The van der Waals surface area contributed by atoms with E-state index in [4.69, 9.17) is 14.9 Å². The van der Waals surface area contributed by atoms with Gasteiger partial charge in [0.05, 0.1) is 24.7 Å². The molecule has 1 aromatic rings. The Morgan fingerprint density at radius 3 is 2.35 bits per heavy atom. The molecule has 0 aliphatic heterocycles. The molecular weight excluding hydrogens is 311 g/mol. The highest BCUT2D eigenvalue weighted by Gasteiger charge is 2.36. The zero-order valence-electron chi connectivity index (χ0n) is 13.1. The lowest BCUT2D eigenvalue weighted by molar-refractivity contribution is -0.143. The number of benzene rings is 1. The van der Waals surface area contributed by atoms with Crippen LogP contribution in [0.1, 0.15) is 43.7 Å². The Balaban J connectivity index is 3.10. The standard InChI is InChI=1S/C16H20F3NO3/c1-3-22-14(21)10-9-12(15(20)23-4-2)11-7-5-6-8-13(11)16(17,18)19/h5-8,12,20H,3-4,9-10H2,1-2H3. The van der Waals surface area contributed by atoms with Crippen LogP contribution in [0.2, 0.25) is 0 Å². The molecule has 0 aliphatic carbocycles. The summed E-state index contributed by atoms with van der Waals surface area (Å²) >= 11 is 0. The topological polar surface area (TPSA) is 59.4 Å². The van der Waals surface area contributed by atoms with Gasteiger partial charge < -0.3 is 9.47 Å². The van der Waals surface area contributed by atoms with E-state index in [1.165, 1.54) is 18.2 Å². The van der Waals surface area contributed by atoms with Crippen LogP contribution in [-0.4, -0.2) is 25.1 Å². The second-order valence-corrected chi connectivity index (χ2v) is 4.78. The van der Waals surface area contributed by atoms with Crippen molar-refractivity contribution in [2.75, 3.05) is 13.2 Å². The number of rotatable bonds is 7. The van der Waals surface area contributed by atoms with Gasteiger partial charge in [0.15, 0.2) is 5.90 Å². The van der Waals surface area contributed by atoms with Crippen molar-refractivity contribution in [1.29, 1.82) is 5.41 Å². The molecule has 0 aliphatic rings. The second-order valence-electron chi connectivity index (χ2n) is 4.78. The minimum absolute atomic E-state index is 0.0186. The van der Waals surface area contributed by atoms with Crippen LogP contribution in [0.25, 0.3) is 0 Å². The van der Waals surface area contributed by atoms with Gasteiger partial charge in [-0.15, -0.1) is 0 Å². The maximum atomic E-state index is 13.2. The van der Waals surface area contributed by atoms with Gasteiger partial charge in [0.25, 0.3) is 0 Å². The fourth-order valence-corrected chi connectivity index (χ4v) is 2.24. The first-order valence-corrected chi connectivity index (χ1v) is 7.34. The van der Waals surface area contributed by atoms with Gasteiger partial charge in [0, 0.05) is 6.42 Å². The van der Waals surface area contributed by atoms with E-state index in [1.54, 1.807) is 13.8 Å². The number of ether oxygens (including phenoxy) is 2. The lowest BCUT2D eigenvalue weighted by atomic mass is 9.89. The predicted molar refractivity (Wildman–Crippen MR) is 79.4 cm³/mol. The fourth-order valence-electron chi connectivity index (χ4n) is 2.24. The van der Waals surface area contributed by atoms with Crippen molar-refractivity contribution >= 4 is 11.9 Å². The highest BCUT2D eigenvalue weighted by molar-refractivity contribution is 5.82. The lowest BCUT2D eigenvalue weighted by Crippen LogP contribution is -2.21. The smallest absolute Gasteiger partial charge is 0.416 e. The van der Waals surface area contributed by atoms with Crippen molar-refractivity contribution in [3.05, 3.63) is 35.4 Å². The molecule has 0 saturated heterocycles. The minimum atomic E-state index is -4.54. The molecule has 0 bridgehead atoms. The summed E-state index contributed by atoms with van der Waals surface area (Å²) in [5, 5.41) is 7.89. The molecule has 7 heteroatoms. The van der Waals surface area contributed by atoms with Gasteiger partial charge in [-0.1, -0.05) is 18.2 Å². The van der Waals surface area contributed by atoms with Gasteiger partial charge in [-0.3, -0.25) is 10.2 Å². The summed E-state index contributed by atoms with van der Waals surface area (Å²) in [6, 6.07) is 5.04. The van der Waals surface area contributed by atoms with Crippen molar-refractivity contribution in [2.45, 2.75) is 38.8 Å². The Labute approximate surface area is 133 Å². The summed E-state index contributed by atoms with van der Waals surface area (Å²) < 4.78 is 49.4. The normalized spacial score (nSPS) is 12.6. The zero-order chi connectivity index (χ0) is 17.5. The molecule has 0 fully saturated rings. The zero-order valence-corrected chi connectivity index (χ0v) is 13.1. The van der Waals surface area contributed by atoms with E-state index >= 15 is 0 Å². The Bertz CT molecular complexity index is 544. The van der Waals surface area contributed by atoms with Crippen LogP contribution in [0.15, 0.2) is 24.3 Å². The molecule has 0 saturated carbocycles. The van der Waals surface area contributed by atoms with Crippen molar-refractivity contribution in [2.24, 2.45) is 0 Å². The monoisotopic (exact) mass is 331 g/mol. The molecular formula is C16H20F3NO3. The third kappa shape index (κ3) is 5.58. The summed E-state index contributed by atoms with van der Waals surface area (Å²) in [7, 11) is 0. The van der Waals surface area contributed by atoms with Gasteiger partial charge in [-0.25, -0.2) is 0 Å². The van der Waals surface area contributed by atoms with E-state index in [2.05, 4.69) is 0 Å². The number of carbonyl (C=O) groups is 1. The first kappa shape index (κ1) is 19.0. The average molecular weight is 331 g/mol. The van der Waals surface area contributed by atoms with E-state index in [0.717, 1.165) is 6.07 Å². The first-order chi connectivity index (χ1) is 10.8. The SMILES string of the molecule is CCOC(=N)C(CCC(=O)OCC)c1ccccc1C(F)(F)F. The van der Waals surface area contributed by atoms with Crippen LogP contribution < -0.4 is 0 Å². The van der Waals surface area contributed by atoms with Gasteiger partial charge in [0.2, 0.25) is 0 Å². The lowest BCUT2D eigenvalue weighted by Gasteiger charge is -2.22. The van der Waals surface area contributed by atoms with E-state index in [9.17, 15) is 18.0 Å². The van der Waals surface area contributed by atoms with Crippen LogP contribution in [-0.2, 0) is 20.4 Å². The Kier molecular flexibility index (Phi) is 7.06. The molecule has 4 nitrogen and oxygen atoms in total. The van der Waals surface area contributed by atoms with Crippen LogP contribution in [0.5, 0.6) is 0 Å². The van der Waals surface area contributed by atoms with Crippen molar-refractivity contribution in [3.63, 3.8) is 0 Å². The third-order valence-corrected chi connectivity index (χ3v) is 3.20. The van der Waals surface area contributed by atoms with Gasteiger partial charge in [-0.2, -0.15) is 13.2 Å². The number of nitrogens with one attached hydrogen (secondary N) is 1. The molecule has 23 heavy (non-hydrogen) atoms. The predicted octanol–water partition coefficient (Wildman–Crippen LogP) is 4.15. The Morgan fingerprint density at radius 1 is 1.17 bits per heavy atom. The Morgan fingerprint density at radius 2 is 1.78 bits per heavy atom. The molecule has 0 amide bonds. The largest absolute Gasteiger partial charge is 0.481 e. The highest BCUT2D eigenvalue weighted by atomic mass is 19.4. The maximum Gasteiger partial charge on any atom is 0.416 e. The molecule has 1 rings (SSSR count). The molecule has 0 heterocycles. The van der Waals surface area contributed by atoms with Crippen LogP contribution in [0, 0.1) is 5.41 Å². The van der Waals surface area contributed by atoms with Gasteiger partial charge >= 0.3 is 12.1 Å². The van der Waals surface area contributed by atoms with Crippen molar-refractivity contribution < 1.29 is 27.4 Å². The first-order valence-electron chi connectivity index (χ1n) is 7.34. The van der Waals surface area contributed by atoms with E-state index in [0.29, 0.717) is 0 Å². The number of alkyl halides is 3. The van der Waals surface area contributed by atoms with Gasteiger partial charge in [-0.05, 0) is 31.9 Å². The van der Waals surface area contributed by atoms with Crippen LogP contribution >= 0.6 is 0 Å². The fraction of sp³-hybridized carbons (Fsp3) is 0.500. The minimum Gasteiger partial charge on any atom is -0.481 e. The molecule has 1 N–H and O–H groups in total. The Hall–Kier alpha value is -2.05. The van der Waals surface area contributed by atoms with Gasteiger partial charge in [0.1, 0.15) is 0 Å². The molecule has 0 radical (unpaired) electrons. The third-order valence-electron chi connectivity index (χ3n) is 3.20. The van der Waals surface area contributed by atoms with Crippen LogP contribution in [0.3, 0.4) is 0 Å². The van der Waals surface area contributed by atoms with E-state index in [1.807, 2.05) is 0 Å². The average Bonchev–Trinajstić information content (AvgIpc) is 2.47. The van der Waals surface area contributed by atoms with Crippen LogP contribution in [0.4, 0.5) is 13.2 Å². The number of halogens is 3. The summed E-state index contributed by atoms with van der Waals surface area (Å²) in [4.78, 5) is 11.5. The molecule has 1 aromatic carbocycles. The van der Waals surface area contributed by atoms with Crippen molar-refractivity contribution in [1.82, 2.24) is 0 Å². The second kappa shape index (κ2) is 8.55.